The molecule has 19 heavy (non-hydrogen) atoms. The van der Waals surface area contributed by atoms with Gasteiger partial charge in [0.25, 0.3) is 0 Å². The van der Waals surface area contributed by atoms with Gasteiger partial charge in [-0.25, -0.2) is 14.4 Å². The Hall–Kier alpha value is -2.48. The molecule has 3 N–H and O–H groups in total. The number of benzene rings is 1. The van der Waals surface area contributed by atoms with Gasteiger partial charge in [0.05, 0.1) is 15.6 Å². The summed E-state index contributed by atoms with van der Waals surface area (Å²) in [7, 11) is 0. The molecule has 0 unspecified atom stereocenters. The highest BCUT2D eigenvalue weighted by molar-refractivity contribution is 6.33. The molecule has 0 saturated heterocycles. The molecule has 0 atom stereocenters. The highest BCUT2D eigenvalue weighted by atomic mass is 35.5. The SMILES string of the molecule is Nc1ncnc(Nc2cc(F)ccc2Cl)c1[N+](=O)[O-]. The molecule has 0 amide bonds. The van der Waals surface area contributed by atoms with E-state index in [0.717, 1.165) is 18.5 Å². The molecule has 0 spiro atoms. The zero-order chi connectivity index (χ0) is 14.0. The molecule has 0 radical (unpaired) electrons. The van der Waals surface area contributed by atoms with Crippen LogP contribution in [-0.4, -0.2) is 14.9 Å². The van der Waals surface area contributed by atoms with E-state index in [1.165, 1.54) is 6.07 Å². The molecule has 2 aromatic rings. The van der Waals surface area contributed by atoms with Crippen LogP contribution in [0.1, 0.15) is 0 Å². The number of anilines is 3. The molecule has 0 aliphatic heterocycles. The van der Waals surface area contributed by atoms with E-state index in [2.05, 4.69) is 15.3 Å². The van der Waals surface area contributed by atoms with Crippen molar-refractivity contribution in [3.63, 3.8) is 0 Å². The Morgan fingerprint density at radius 2 is 2.16 bits per heavy atom. The van der Waals surface area contributed by atoms with Crippen LogP contribution in [0.2, 0.25) is 5.02 Å². The van der Waals surface area contributed by atoms with Crippen LogP contribution >= 0.6 is 11.6 Å². The van der Waals surface area contributed by atoms with Gasteiger partial charge in [-0.1, -0.05) is 11.6 Å². The van der Waals surface area contributed by atoms with Gasteiger partial charge in [-0.15, -0.1) is 0 Å². The molecule has 1 aromatic heterocycles. The molecule has 0 aliphatic carbocycles. The number of nitrogen functional groups attached to an aromatic ring is 1. The first-order valence-electron chi connectivity index (χ1n) is 4.96. The molecule has 98 valence electrons. The summed E-state index contributed by atoms with van der Waals surface area (Å²) in [6, 6.07) is 3.57. The lowest BCUT2D eigenvalue weighted by Gasteiger charge is -2.08. The zero-order valence-electron chi connectivity index (χ0n) is 9.30. The molecule has 7 nitrogen and oxygen atoms in total. The number of nitrogens with two attached hydrogens (primary N) is 1. The first-order chi connectivity index (χ1) is 8.99. The molecule has 9 heteroatoms. The normalized spacial score (nSPS) is 10.2. The maximum Gasteiger partial charge on any atom is 0.353 e. The molecule has 0 aliphatic rings. The molecule has 1 aromatic carbocycles. The molecular formula is C10H7ClFN5O2. The number of rotatable bonds is 3. The number of aromatic nitrogens is 2. The fraction of sp³-hybridized carbons (Fsp3) is 0. The van der Waals surface area contributed by atoms with Crippen molar-refractivity contribution < 1.29 is 9.31 Å². The Kier molecular flexibility index (Phi) is 3.43. The molecule has 0 fully saturated rings. The van der Waals surface area contributed by atoms with Gasteiger partial charge in [0, 0.05) is 0 Å². The standard InChI is InChI=1S/C10H7ClFN5O2/c11-6-2-1-5(12)3-7(6)16-10-8(17(18)19)9(13)14-4-15-10/h1-4H,(H3,13,14,15,16). The van der Waals surface area contributed by atoms with Crippen LogP contribution in [0, 0.1) is 15.9 Å². The maximum absolute atomic E-state index is 13.1. The van der Waals surface area contributed by atoms with Gasteiger partial charge in [-0.05, 0) is 18.2 Å². The first-order valence-corrected chi connectivity index (χ1v) is 5.34. The van der Waals surface area contributed by atoms with Crippen molar-refractivity contribution in [3.8, 4) is 0 Å². The predicted molar refractivity (Wildman–Crippen MR) is 67.8 cm³/mol. The average Bonchev–Trinajstić information content (AvgIpc) is 2.33. The summed E-state index contributed by atoms with van der Waals surface area (Å²) in [5.41, 5.74) is 5.05. The van der Waals surface area contributed by atoms with Crippen LogP contribution in [-0.2, 0) is 0 Å². The lowest BCUT2D eigenvalue weighted by molar-refractivity contribution is -0.383. The number of nitro groups is 1. The molecule has 2 rings (SSSR count). The average molecular weight is 284 g/mol. The second kappa shape index (κ2) is 5.02. The monoisotopic (exact) mass is 283 g/mol. The number of hydrogen-bond acceptors (Lipinski definition) is 6. The minimum atomic E-state index is -0.731. The van der Waals surface area contributed by atoms with Crippen LogP contribution in [0.3, 0.4) is 0 Å². The number of hydrogen-bond donors (Lipinski definition) is 2. The highest BCUT2D eigenvalue weighted by Gasteiger charge is 2.21. The van der Waals surface area contributed by atoms with Gasteiger partial charge in [0.2, 0.25) is 11.6 Å². The van der Waals surface area contributed by atoms with E-state index in [-0.39, 0.29) is 22.3 Å². The van der Waals surface area contributed by atoms with E-state index in [1.807, 2.05) is 0 Å². The van der Waals surface area contributed by atoms with Crippen molar-refractivity contribution in [2.75, 3.05) is 11.1 Å². The fourth-order valence-electron chi connectivity index (χ4n) is 1.38. The van der Waals surface area contributed by atoms with Crippen molar-refractivity contribution in [2.45, 2.75) is 0 Å². The number of nitrogens with one attached hydrogen (secondary N) is 1. The van der Waals surface area contributed by atoms with E-state index in [4.69, 9.17) is 17.3 Å². The molecule has 0 saturated carbocycles. The topological polar surface area (TPSA) is 107 Å². The smallest absolute Gasteiger partial charge is 0.353 e. The summed E-state index contributed by atoms with van der Waals surface area (Å²) in [6.07, 6.45) is 1.05. The van der Waals surface area contributed by atoms with Crippen molar-refractivity contribution in [2.24, 2.45) is 0 Å². The lowest BCUT2D eigenvalue weighted by atomic mass is 10.3. The predicted octanol–water partition coefficient (Wildman–Crippen LogP) is 2.50. The summed E-state index contributed by atoms with van der Waals surface area (Å²) in [6.45, 7) is 0. The van der Waals surface area contributed by atoms with Gasteiger partial charge in [0.1, 0.15) is 12.1 Å². The van der Waals surface area contributed by atoms with Crippen LogP contribution in [0.15, 0.2) is 24.5 Å². The van der Waals surface area contributed by atoms with Crippen LogP contribution < -0.4 is 11.1 Å². The van der Waals surface area contributed by atoms with E-state index >= 15 is 0 Å². The molecular weight excluding hydrogens is 277 g/mol. The van der Waals surface area contributed by atoms with E-state index in [9.17, 15) is 14.5 Å². The van der Waals surface area contributed by atoms with E-state index < -0.39 is 16.4 Å². The Bertz CT molecular complexity index is 652. The Morgan fingerprint density at radius 3 is 2.84 bits per heavy atom. The van der Waals surface area contributed by atoms with Gasteiger partial charge in [-0.3, -0.25) is 10.1 Å². The second-order valence-electron chi connectivity index (χ2n) is 3.46. The third-order valence-electron chi connectivity index (χ3n) is 2.21. The van der Waals surface area contributed by atoms with E-state index in [1.54, 1.807) is 0 Å². The highest BCUT2D eigenvalue weighted by Crippen LogP contribution is 2.32. The molecule has 1 heterocycles. The van der Waals surface area contributed by atoms with Crippen LogP contribution in [0.4, 0.5) is 27.4 Å². The minimum absolute atomic E-state index is 0.142. The lowest BCUT2D eigenvalue weighted by Crippen LogP contribution is -2.05. The summed E-state index contributed by atoms with van der Waals surface area (Å²) in [5.74, 6) is -1.00. The van der Waals surface area contributed by atoms with Gasteiger partial charge < -0.3 is 11.1 Å². The Balaban J connectivity index is 2.46. The Labute approximate surface area is 111 Å². The van der Waals surface area contributed by atoms with Gasteiger partial charge >= 0.3 is 5.69 Å². The largest absolute Gasteiger partial charge is 0.378 e. The van der Waals surface area contributed by atoms with Crippen molar-refractivity contribution >= 4 is 34.6 Å². The maximum atomic E-state index is 13.1. The summed E-state index contributed by atoms with van der Waals surface area (Å²) >= 11 is 5.84. The second-order valence-corrected chi connectivity index (χ2v) is 3.87. The number of nitrogens with zero attached hydrogens (tertiary/aromatic N) is 3. The molecule has 0 bridgehead atoms. The number of halogens is 2. The van der Waals surface area contributed by atoms with E-state index in [0.29, 0.717) is 0 Å². The third-order valence-corrected chi connectivity index (χ3v) is 2.54. The van der Waals surface area contributed by atoms with Crippen molar-refractivity contribution in [3.05, 3.63) is 45.5 Å². The van der Waals surface area contributed by atoms with Gasteiger partial charge in [0.15, 0.2) is 0 Å². The fourth-order valence-corrected chi connectivity index (χ4v) is 1.55. The van der Waals surface area contributed by atoms with Crippen LogP contribution in [0.5, 0.6) is 0 Å². The first kappa shape index (κ1) is 13.0. The third kappa shape index (κ3) is 2.68. The summed E-state index contributed by atoms with van der Waals surface area (Å²) in [4.78, 5) is 17.4. The zero-order valence-corrected chi connectivity index (χ0v) is 10.1. The quantitative estimate of drug-likeness (QED) is 0.662. The summed E-state index contributed by atoms with van der Waals surface area (Å²) < 4.78 is 13.1. The van der Waals surface area contributed by atoms with Gasteiger partial charge in [-0.2, -0.15) is 0 Å². The van der Waals surface area contributed by atoms with Crippen molar-refractivity contribution in [1.82, 2.24) is 9.97 Å². The van der Waals surface area contributed by atoms with Crippen molar-refractivity contribution in [1.29, 1.82) is 0 Å². The summed E-state index contributed by atoms with van der Waals surface area (Å²) in [5, 5.41) is 13.6. The minimum Gasteiger partial charge on any atom is -0.378 e. The Morgan fingerprint density at radius 1 is 1.42 bits per heavy atom. The van der Waals surface area contributed by atoms with Crippen LogP contribution in [0.25, 0.3) is 0 Å².